The van der Waals surface area contributed by atoms with Crippen LogP contribution in [-0.2, 0) is 4.79 Å². The number of amides is 1. The molecule has 0 aliphatic carbocycles. The van der Waals surface area contributed by atoms with Crippen molar-refractivity contribution >= 4 is 16.9 Å². The third-order valence-corrected chi connectivity index (χ3v) is 6.17. The minimum absolute atomic E-state index is 0.137. The van der Waals surface area contributed by atoms with Gasteiger partial charge in [-0.05, 0) is 61.4 Å². The summed E-state index contributed by atoms with van der Waals surface area (Å²) in [5, 5.41) is 0. The maximum atomic E-state index is 14.3. The van der Waals surface area contributed by atoms with Gasteiger partial charge in [-0.1, -0.05) is 18.7 Å². The zero-order valence-electron chi connectivity index (χ0n) is 18.6. The molecule has 1 aliphatic heterocycles. The predicted molar refractivity (Wildman–Crippen MR) is 127 cm³/mol. The van der Waals surface area contributed by atoms with Crippen molar-refractivity contribution in [3.63, 3.8) is 0 Å². The van der Waals surface area contributed by atoms with Crippen molar-refractivity contribution < 1.29 is 13.9 Å². The fourth-order valence-corrected chi connectivity index (χ4v) is 4.44. The van der Waals surface area contributed by atoms with Crippen LogP contribution in [0.1, 0.15) is 18.0 Å². The Labute approximate surface area is 195 Å². The molecule has 5 rings (SSSR count). The number of hydrogen-bond acceptors (Lipinski definition) is 4. The smallest absolute Gasteiger partial charge is 0.334 e. The summed E-state index contributed by atoms with van der Waals surface area (Å²) in [6.07, 6.45) is 5.28. The summed E-state index contributed by atoms with van der Waals surface area (Å²) in [7, 11) is 0. The van der Waals surface area contributed by atoms with E-state index in [4.69, 9.17) is 4.74 Å². The molecule has 1 fully saturated rings. The van der Waals surface area contributed by atoms with Gasteiger partial charge in [-0.25, -0.2) is 9.18 Å². The van der Waals surface area contributed by atoms with Crippen LogP contribution in [0, 0.1) is 12.7 Å². The van der Waals surface area contributed by atoms with Crippen molar-refractivity contribution in [3.05, 3.63) is 95.4 Å². The summed E-state index contributed by atoms with van der Waals surface area (Å²) < 4.78 is 23.3. The van der Waals surface area contributed by atoms with Gasteiger partial charge in [-0.2, -0.15) is 0 Å². The highest BCUT2D eigenvalue weighted by Gasteiger charge is 2.30. The van der Waals surface area contributed by atoms with Crippen molar-refractivity contribution in [2.45, 2.75) is 19.4 Å². The van der Waals surface area contributed by atoms with E-state index in [1.54, 1.807) is 75.8 Å². The number of hydrogen-bond donors (Lipinski definition) is 0. The number of halogens is 1. The SMILES string of the molecule is C=CC(=O)N1CCC(n2c(=O)n(-c3ccc(Oc4cccc(C)c4F)cc3)c3cnccc32)C1. The molecule has 172 valence electrons. The number of imidazole rings is 1. The average molecular weight is 458 g/mol. The largest absolute Gasteiger partial charge is 0.454 e. The first-order valence-corrected chi connectivity index (χ1v) is 11.0. The number of nitrogens with zero attached hydrogens (tertiary/aromatic N) is 4. The standard InChI is InChI=1S/C26H23FN4O3/c1-3-24(32)29-14-12-19(16-29)31-21-11-13-28-15-22(21)30(26(31)33)18-7-9-20(10-8-18)34-23-6-4-5-17(2)25(23)27/h3-11,13,15,19H,1,12,14,16H2,2H3. The van der Waals surface area contributed by atoms with Crippen molar-refractivity contribution in [3.8, 4) is 17.2 Å². The number of fused-ring (bicyclic) bond motifs is 1. The van der Waals surface area contributed by atoms with Crippen LogP contribution in [-0.4, -0.2) is 38.0 Å². The lowest BCUT2D eigenvalue weighted by Gasteiger charge is -2.15. The molecule has 1 amide bonds. The van der Waals surface area contributed by atoms with E-state index in [0.29, 0.717) is 42.0 Å². The Kier molecular flexibility index (Phi) is 5.49. The van der Waals surface area contributed by atoms with Gasteiger partial charge < -0.3 is 9.64 Å². The minimum atomic E-state index is -0.405. The van der Waals surface area contributed by atoms with Crippen molar-refractivity contribution in [2.75, 3.05) is 13.1 Å². The number of aryl methyl sites for hydroxylation is 1. The summed E-state index contributed by atoms with van der Waals surface area (Å²) in [5.74, 6) is 0.0576. The number of benzene rings is 2. The molecule has 3 heterocycles. The first-order chi connectivity index (χ1) is 16.5. The molecule has 0 radical (unpaired) electrons. The van der Waals surface area contributed by atoms with Gasteiger partial charge in [0, 0.05) is 19.3 Å². The lowest BCUT2D eigenvalue weighted by molar-refractivity contribution is -0.125. The number of carbonyl (C=O) groups is 1. The van der Waals surface area contributed by atoms with Gasteiger partial charge >= 0.3 is 5.69 Å². The van der Waals surface area contributed by atoms with Crippen LogP contribution < -0.4 is 10.4 Å². The molecule has 1 atom stereocenters. The lowest BCUT2D eigenvalue weighted by Crippen LogP contribution is -2.31. The van der Waals surface area contributed by atoms with Crippen LogP contribution >= 0.6 is 0 Å². The predicted octanol–water partition coefficient (Wildman–Crippen LogP) is 4.39. The van der Waals surface area contributed by atoms with Gasteiger partial charge in [0.05, 0.1) is 29.0 Å². The van der Waals surface area contributed by atoms with Gasteiger partial charge in [0.1, 0.15) is 5.75 Å². The number of rotatable bonds is 5. The second kappa shape index (κ2) is 8.62. The third-order valence-electron chi connectivity index (χ3n) is 6.17. The van der Waals surface area contributed by atoms with Crippen LogP contribution in [0.25, 0.3) is 16.7 Å². The van der Waals surface area contributed by atoms with E-state index in [0.717, 1.165) is 5.52 Å². The molecule has 1 aliphatic rings. The fraction of sp³-hybridized carbons (Fsp3) is 0.192. The first kappa shape index (κ1) is 21.6. The topological polar surface area (TPSA) is 69.4 Å². The van der Waals surface area contributed by atoms with E-state index in [1.807, 2.05) is 6.07 Å². The van der Waals surface area contributed by atoms with Gasteiger partial charge in [0.15, 0.2) is 11.6 Å². The molecule has 2 aromatic heterocycles. The Hall–Kier alpha value is -4.20. The Morgan fingerprint density at radius 2 is 1.97 bits per heavy atom. The Morgan fingerprint density at radius 1 is 1.18 bits per heavy atom. The van der Waals surface area contributed by atoms with Gasteiger partial charge in [-0.3, -0.25) is 18.9 Å². The molecule has 0 bridgehead atoms. The highest BCUT2D eigenvalue weighted by Crippen LogP contribution is 2.29. The number of aromatic nitrogens is 3. The third kappa shape index (κ3) is 3.67. The summed E-state index contributed by atoms with van der Waals surface area (Å²) in [5.41, 5.74) is 2.34. The second-order valence-corrected chi connectivity index (χ2v) is 8.27. The van der Waals surface area contributed by atoms with Crippen molar-refractivity contribution in [2.24, 2.45) is 0 Å². The van der Waals surface area contributed by atoms with Crippen molar-refractivity contribution in [1.82, 2.24) is 19.0 Å². The van der Waals surface area contributed by atoms with Crippen LogP contribution in [0.4, 0.5) is 4.39 Å². The summed E-state index contributed by atoms with van der Waals surface area (Å²) in [6.45, 7) is 6.25. The van der Waals surface area contributed by atoms with Gasteiger partial charge in [0.25, 0.3) is 0 Å². The Balaban J connectivity index is 1.50. The number of ether oxygens (including phenoxy) is 1. The van der Waals surface area contributed by atoms with Crippen LogP contribution in [0.5, 0.6) is 11.5 Å². The number of likely N-dealkylation sites (tertiary alicyclic amines) is 1. The highest BCUT2D eigenvalue weighted by molar-refractivity contribution is 5.87. The van der Waals surface area contributed by atoms with Crippen LogP contribution in [0.2, 0.25) is 0 Å². The molecule has 4 aromatic rings. The molecule has 2 aromatic carbocycles. The maximum Gasteiger partial charge on any atom is 0.334 e. The Morgan fingerprint density at radius 3 is 2.74 bits per heavy atom. The monoisotopic (exact) mass is 458 g/mol. The molecule has 34 heavy (non-hydrogen) atoms. The molecule has 0 N–H and O–H groups in total. The van der Waals surface area contributed by atoms with E-state index < -0.39 is 5.82 Å². The molecule has 7 nitrogen and oxygen atoms in total. The molecule has 8 heteroatoms. The summed E-state index contributed by atoms with van der Waals surface area (Å²) in [4.78, 5) is 31.5. The molecular formula is C26H23FN4O3. The molecule has 0 spiro atoms. The molecule has 1 saturated heterocycles. The number of pyridine rings is 1. The van der Waals surface area contributed by atoms with Crippen LogP contribution in [0.3, 0.4) is 0 Å². The fourth-order valence-electron chi connectivity index (χ4n) is 4.44. The van der Waals surface area contributed by atoms with Crippen LogP contribution in [0.15, 0.2) is 78.4 Å². The second-order valence-electron chi connectivity index (χ2n) is 8.27. The van der Waals surface area contributed by atoms with E-state index in [9.17, 15) is 14.0 Å². The zero-order chi connectivity index (χ0) is 23.8. The molecular weight excluding hydrogens is 435 g/mol. The minimum Gasteiger partial charge on any atom is -0.454 e. The van der Waals surface area contributed by atoms with Crippen molar-refractivity contribution in [1.29, 1.82) is 0 Å². The molecule has 1 unspecified atom stereocenters. The normalized spacial score (nSPS) is 15.6. The maximum absolute atomic E-state index is 14.3. The van der Waals surface area contributed by atoms with E-state index >= 15 is 0 Å². The summed E-state index contributed by atoms with van der Waals surface area (Å²) >= 11 is 0. The number of carbonyl (C=O) groups excluding carboxylic acids is 1. The zero-order valence-corrected chi connectivity index (χ0v) is 18.6. The average Bonchev–Trinajstić information content (AvgIpc) is 3.44. The highest BCUT2D eigenvalue weighted by atomic mass is 19.1. The van der Waals surface area contributed by atoms with E-state index in [1.165, 1.54) is 6.08 Å². The molecule has 0 saturated carbocycles. The van der Waals surface area contributed by atoms with E-state index in [-0.39, 0.29) is 23.4 Å². The lowest BCUT2D eigenvalue weighted by atomic mass is 10.2. The van der Waals surface area contributed by atoms with Gasteiger partial charge in [-0.15, -0.1) is 0 Å². The Bertz CT molecular complexity index is 1460. The quantitative estimate of drug-likeness (QED) is 0.416. The summed E-state index contributed by atoms with van der Waals surface area (Å²) in [6, 6.07) is 13.5. The first-order valence-electron chi connectivity index (χ1n) is 11.0. The van der Waals surface area contributed by atoms with E-state index in [2.05, 4.69) is 11.6 Å². The van der Waals surface area contributed by atoms with Gasteiger partial charge in [0.2, 0.25) is 5.91 Å².